The van der Waals surface area contributed by atoms with Crippen LogP contribution in [0, 0.1) is 0 Å². The zero-order valence-corrected chi connectivity index (χ0v) is 17.7. The molecule has 30 heavy (non-hydrogen) atoms. The number of fused-ring (bicyclic) bond motifs is 1. The van der Waals surface area contributed by atoms with Crippen molar-refractivity contribution >= 4 is 23.6 Å². The van der Waals surface area contributed by atoms with Crippen LogP contribution in [0.5, 0.6) is 11.5 Å². The van der Waals surface area contributed by atoms with Crippen molar-refractivity contribution in [2.45, 2.75) is 39.2 Å². The highest BCUT2D eigenvalue weighted by Crippen LogP contribution is 2.29. The van der Waals surface area contributed by atoms with Gasteiger partial charge in [-0.1, -0.05) is 25.1 Å². The number of ether oxygens (including phenoxy) is 2. The van der Waals surface area contributed by atoms with E-state index < -0.39 is 0 Å². The van der Waals surface area contributed by atoms with E-state index in [2.05, 4.69) is 10.6 Å². The van der Waals surface area contributed by atoms with Gasteiger partial charge in [0.2, 0.25) is 11.8 Å². The van der Waals surface area contributed by atoms with E-state index in [1.54, 1.807) is 13.2 Å². The van der Waals surface area contributed by atoms with Crippen molar-refractivity contribution in [3.63, 3.8) is 0 Å². The molecule has 3 rings (SSSR count). The molecule has 0 radical (unpaired) electrons. The van der Waals surface area contributed by atoms with E-state index >= 15 is 0 Å². The molecule has 0 aromatic heterocycles. The number of benzene rings is 2. The Balaban J connectivity index is 1.62. The highest BCUT2D eigenvalue weighted by Gasteiger charge is 2.16. The van der Waals surface area contributed by atoms with Crippen molar-refractivity contribution in [2.24, 2.45) is 0 Å². The first-order valence-corrected chi connectivity index (χ1v) is 10.2. The molecule has 1 heterocycles. The number of carbonyl (C=O) groups is 2. The maximum atomic E-state index is 12.4. The number of anilines is 1. The summed E-state index contributed by atoms with van der Waals surface area (Å²) in [4.78, 5) is 23.9. The summed E-state index contributed by atoms with van der Waals surface area (Å²) in [7, 11) is 1.60. The van der Waals surface area contributed by atoms with E-state index in [1.807, 2.05) is 50.2 Å². The summed E-state index contributed by atoms with van der Waals surface area (Å²) in [5, 5.41) is 5.85. The van der Waals surface area contributed by atoms with Crippen molar-refractivity contribution < 1.29 is 19.1 Å². The predicted molar refractivity (Wildman–Crippen MR) is 118 cm³/mol. The summed E-state index contributed by atoms with van der Waals surface area (Å²) in [6, 6.07) is 11.3. The van der Waals surface area contributed by atoms with Crippen LogP contribution in [0.25, 0.3) is 6.08 Å². The number of amides is 2. The minimum absolute atomic E-state index is 0.0447. The summed E-state index contributed by atoms with van der Waals surface area (Å²) >= 11 is 0. The molecule has 2 aromatic carbocycles. The lowest BCUT2D eigenvalue weighted by Crippen LogP contribution is -2.25. The molecule has 1 aliphatic heterocycles. The number of rotatable bonds is 8. The van der Waals surface area contributed by atoms with Gasteiger partial charge in [0.05, 0.1) is 19.8 Å². The van der Waals surface area contributed by atoms with Crippen molar-refractivity contribution in [1.29, 1.82) is 0 Å². The zero-order valence-electron chi connectivity index (χ0n) is 17.7. The lowest BCUT2D eigenvalue weighted by molar-refractivity contribution is -0.117. The first-order valence-electron chi connectivity index (χ1n) is 10.2. The molecule has 0 bridgehead atoms. The van der Waals surface area contributed by atoms with Crippen LogP contribution in [0.4, 0.5) is 5.69 Å². The summed E-state index contributed by atoms with van der Waals surface area (Å²) in [5.41, 5.74) is 3.81. The molecule has 2 amide bonds. The van der Waals surface area contributed by atoms with Gasteiger partial charge in [-0.05, 0) is 60.7 Å². The van der Waals surface area contributed by atoms with Gasteiger partial charge in [0, 0.05) is 18.2 Å². The quantitative estimate of drug-likeness (QED) is 0.640. The van der Waals surface area contributed by atoms with Crippen LogP contribution < -0.4 is 20.1 Å². The van der Waals surface area contributed by atoms with Gasteiger partial charge in [-0.2, -0.15) is 0 Å². The second kappa shape index (κ2) is 9.96. The third-order valence-corrected chi connectivity index (χ3v) is 4.96. The van der Waals surface area contributed by atoms with Crippen LogP contribution >= 0.6 is 0 Å². The largest absolute Gasteiger partial charge is 0.493 e. The normalized spacial score (nSPS) is 14.0. The average Bonchev–Trinajstić information content (AvgIpc) is 2.76. The van der Waals surface area contributed by atoms with Crippen molar-refractivity contribution in [2.75, 3.05) is 19.0 Å². The maximum absolute atomic E-state index is 12.4. The Kier molecular flexibility index (Phi) is 7.12. The number of carbonyl (C=O) groups excluding carboxylic acids is 2. The number of methoxy groups -OCH3 is 1. The van der Waals surface area contributed by atoms with Gasteiger partial charge in [-0.25, -0.2) is 0 Å². The van der Waals surface area contributed by atoms with Gasteiger partial charge in [-0.3, -0.25) is 9.59 Å². The summed E-state index contributed by atoms with van der Waals surface area (Å²) in [6.07, 6.45) is 5.39. The molecule has 1 aliphatic rings. The second-order valence-corrected chi connectivity index (χ2v) is 7.29. The molecule has 6 nitrogen and oxygen atoms in total. The van der Waals surface area contributed by atoms with Crippen LogP contribution in [0.3, 0.4) is 0 Å². The fraction of sp³-hybridized carbons (Fsp3) is 0.333. The van der Waals surface area contributed by atoms with E-state index in [0.29, 0.717) is 24.5 Å². The molecular formula is C24H28N2O4. The van der Waals surface area contributed by atoms with Gasteiger partial charge < -0.3 is 20.1 Å². The summed E-state index contributed by atoms with van der Waals surface area (Å²) < 4.78 is 11.0. The van der Waals surface area contributed by atoms with Gasteiger partial charge >= 0.3 is 0 Å². The van der Waals surface area contributed by atoms with Crippen LogP contribution in [0.1, 0.15) is 49.4 Å². The van der Waals surface area contributed by atoms with E-state index in [4.69, 9.17) is 9.47 Å². The Morgan fingerprint density at radius 1 is 1.20 bits per heavy atom. The fourth-order valence-electron chi connectivity index (χ4n) is 3.31. The third-order valence-electron chi connectivity index (χ3n) is 4.96. The van der Waals surface area contributed by atoms with E-state index in [0.717, 1.165) is 35.2 Å². The third kappa shape index (κ3) is 5.41. The molecule has 1 unspecified atom stereocenters. The number of hydrogen-bond acceptors (Lipinski definition) is 4. The number of aryl methyl sites for hydroxylation is 1. The Labute approximate surface area is 177 Å². The lowest BCUT2D eigenvalue weighted by atomic mass is 9.98. The molecule has 2 aromatic rings. The van der Waals surface area contributed by atoms with Gasteiger partial charge in [0.1, 0.15) is 0 Å². The molecule has 0 saturated carbocycles. The minimum Gasteiger partial charge on any atom is -0.493 e. The second-order valence-electron chi connectivity index (χ2n) is 7.29. The number of hydrogen-bond donors (Lipinski definition) is 2. The average molecular weight is 408 g/mol. The molecule has 0 saturated heterocycles. The molecule has 1 atom stereocenters. The van der Waals surface area contributed by atoms with Crippen LogP contribution in [-0.4, -0.2) is 25.5 Å². The van der Waals surface area contributed by atoms with E-state index in [9.17, 15) is 9.59 Å². The molecule has 0 aliphatic carbocycles. The standard InChI is InChI=1S/C24H28N2O4/c1-4-13-30-21-10-5-17(14-22(21)29-3)6-11-23(27)25-16(2)18-7-9-20-19(15-18)8-12-24(28)26-20/h5-7,9-11,14-16H,4,8,12-13H2,1-3H3,(H,25,27)(H,26,28). The summed E-state index contributed by atoms with van der Waals surface area (Å²) in [6.45, 7) is 4.61. The Bertz CT molecular complexity index is 952. The van der Waals surface area contributed by atoms with E-state index in [1.165, 1.54) is 6.08 Å². The van der Waals surface area contributed by atoms with Crippen molar-refractivity contribution in [3.8, 4) is 11.5 Å². The van der Waals surface area contributed by atoms with E-state index in [-0.39, 0.29) is 17.9 Å². The molecule has 6 heteroatoms. The highest BCUT2D eigenvalue weighted by atomic mass is 16.5. The van der Waals surface area contributed by atoms with Crippen LogP contribution in [0.15, 0.2) is 42.5 Å². The molecule has 2 N–H and O–H groups in total. The molecular weight excluding hydrogens is 380 g/mol. The monoisotopic (exact) mass is 408 g/mol. The van der Waals surface area contributed by atoms with Gasteiger partial charge in [-0.15, -0.1) is 0 Å². The van der Waals surface area contributed by atoms with Gasteiger partial charge in [0.25, 0.3) is 0 Å². The van der Waals surface area contributed by atoms with Crippen molar-refractivity contribution in [3.05, 3.63) is 59.2 Å². The zero-order chi connectivity index (χ0) is 21.5. The molecule has 0 fully saturated rings. The van der Waals surface area contributed by atoms with Crippen LogP contribution in [0.2, 0.25) is 0 Å². The maximum Gasteiger partial charge on any atom is 0.244 e. The smallest absolute Gasteiger partial charge is 0.244 e. The highest BCUT2D eigenvalue weighted by molar-refractivity contribution is 5.94. The fourth-order valence-corrected chi connectivity index (χ4v) is 3.31. The summed E-state index contributed by atoms with van der Waals surface area (Å²) in [5.74, 6) is 1.20. The SMILES string of the molecule is CCCOc1ccc(C=CC(=O)NC(C)c2ccc3c(c2)CCC(=O)N3)cc1OC. The minimum atomic E-state index is -0.182. The van der Waals surface area contributed by atoms with Crippen LogP contribution in [-0.2, 0) is 16.0 Å². The van der Waals surface area contributed by atoms with Crippen molar-refractivity contribution in [1.82, 2.24) is 5.32 Å². The topological polar surface area (TPSA) is 76.7 Å². The Morgan fingerprint density at radius 2 is 2.03 bits per heavy atom. The molecule has 158 valence electrons. The Hall–Kier alpha value is -3.28. The van der Waals surface area contributed by atoms with Gasteiger partial charge in [0.15, 0.2) is 11.5 Å². The lowest BCUT2D eigenvalue weighted by Gasteiger charge is -2.20. The Morgan fingerprint density at radius 3 is 2.80 bits per heavy atom. The first kappa shape index (κ1) is 21.4. The molecule has 0 spiro atoms. The predicted octanol–water partition coefficient (Wildman–Crippen LogP) is 4.26. The first-order chi connectivity index (χ1) is 14.5. The number of nitrogens with one attached hydrogen (secondary N) is 2.